The van der Waals surface area contributed by atoms with Crippen LogP contribution in [0.4, 0.5) is 0 Å². The largest absolute Gasteiger partial charge is 0.507 e. The Hall–Kier alpha value is -3.12. The summed E-state index contributed by atoms with van der Waals surface area (Å²) in [5, 5.41) is 21.0. The van der Waals surface area contributed by atoms with Crippen LogP contribution in [-0.2, 0) is 9.59 Å². The van der Waals surface area contributed by atoms with Gasteiger partial charge in [0.25, 0.3) is 11.7 Å². The van der Waals surface area contributed by atoms with Crippen LogP contribution < -0.4 is 0 Å². The van der Waals surface area contributed by atoms with Gasteiger partial charge in [-0.3, -0.25) is 9.59 Å². The number of phenolic OH excluding ortho intramolecular Hbond substituents is 1. The average Bonchev–Trinajstić information content (AvgIpc) is 2.91. The number of aliphatic hydroxyl groups is 1. The SMILES string of the molecule is Cc1ccc(C2/C(=C(/O)c3ccccc3O)C(=O)C(=O)N2CCN(C)C)cc1. The van der Waals surface area contributed by atoms with Gasteiger partial charge >= 0.3 is 0 Å². The molecule has 28 heavy (non-hydrogen) atoms. The van der Waals surface area contributed by atoms with Crippen LogP contribution in [0.5, 0.6) is 5.75 Å². The van der Waals surface area contributed by atoms with Gasteiger partial charge in [0.15, 0.2) is 0 Å². The van der Waals surface area contributed by atoms with E-state index in [9.17, 15) is 19.8 Å². The van der Waals surface area contributed by atoms with Crippen molar-refractivity contribution >= 4 is 17.4 Å². The molecule has 1 amide bonds. The molecular weight excluding hydrogens is 356 g/mol. The van der Waals surface area contributed by atoms with E-state index in [1.807, 2.05) is 50.2 Å². The van der Waals surface area contributed by atoms with Crippen LogP contribution in [0, 0.1) is 6.92 Å². The fourth-order valence-electron chi connectivity index (χ4n) is 3.33. The first-order chi connectivity index (χ1) is 13.3. The third-order valence-electron chi connectivity index (χ3n) is 4.88. The van der Waals surface area contributed by atoms with Crippen molar-refractivity contribution in [1.82, 2.24) is 9.80 Å². The molecule has 6 heteroatoms. The van der Waals surface area contributed by atoms with E-state index in [0.717, 1.165) is 11.1 Å². The molecule has 1 aliphatic heterocycles. The highest BCUT2D eigenvalue weighted by Crippen LogP contribution is 2.40. The highest BCUT2D eigenvalue weighted by Gasteiger charge is 2.46. The number of amides is 1. The van der Waals surface area contributed by atoms with Gasteiger partial charge in [0.1, 0.15) is 11.5 Å². The number of aromatic hydroxyl groups is 1. The molecule has 1 heterocycles. The normalized spacial score (nSPS) is 18.9. The number of likely N-dealkylation sites (N-methyl/N-ethyl adjacent to an activating group) is 1. The molecule has 1 atom stereocenters. The molecule has 2 aromatic rings. The second kappa shape index (κ2) is 7.86. The van der Waals surface area contributed by atoms with Crippen molar-refractivity contribution in [2.24, 2.45) is 0 Å². The number of aryl methyl sites for hydroxylation is 1. The van der Waals surface area contributed by atoms with Gasteiger partial charge in [-0.1, -0.05) is 42.0 Å². The lowest BCUT2D eigenvalue weighted by Gasteiger charge is -2.26. The number of carbonyl (C=O) groups is 2. The van der Waals surface area contributed by atoms with E-state index in [2.05, 4.69) is 0 Å². The van der Waals surface area contributed by atoms with Gasteiger partial charge in [-0.15, -0.1) is 0 Å². The highest BCUT2D eigenvalue weighted by molar-refractivity contribution is 6.46. The van der Waals surface area contributed by atoms with E-state index in [-0.39, 0.29) is 22.6 Å². The molecule has 1 saturated heterocycles. The van der Waals surface area contributed by atoms with Crippen LogP contribution in [-0.4, -0.2) is 58.9 Å². The number of aliphatic hydroxyl groups excluding tert-OH is 1. The highest BCUT2D eigenvalue weighted by atomic mass is 16.3. The Kier molecular flexibility index (Phi) is 5.51. The smallest absolute Gasteiger partial charge is 0.295 e. The summed E-state index contributed by atoms with van der Waals surface area (Å²) in [6, 6.07) is 13.0. The van der Waals surface area contributed by atoms with Crippen LogP contribution in [0.2, 0.25) is 0 Å². The first-order valence-electron chi connectivity index (χ1n) is 9.09. The summed E-state index contributed by atoms with van der Waals surface area (Å²) in [6.45, 7) is 2.87. The van der Waals surface area contributed by atoms with E-state index in [1.54, 1.807) is 12.1 Å². The number of phenols is 1. The van der Waals surface area contributed by atoms with Crippen LogP contribution in [0.3, 0.4) is 0 Å². The van der Waals surface area contributed by atoms with Gasteiger partial charge < -0.3 is 20.0 Å². The fraction of sp³-hybridized carbons (Fsp3) is 0.273. The van der Waals surface area contributed by atoms with E-state index in [1.165, 1.54) is 17.0 Å². The molecule has 1 fully saturated rings. The number of likely N-dealkylation sites (tertiary alicyclic amines) is 1. The van der Waals surface area contributed by atoms with E-state index in [4.69, 9.17) is 0 Å². The standard InChI is InChI=1S/C22H24N2O4/c1-14-8-10-15(11-9-14)19-18(20(26)16-6-4-5-7-17(16)25)21(27)22(28)24(19)13-12-23(2)3/h4-11,19,25-26H,12-13H2,1-3H3/b20-18-. The third kappa shape index (κ3) is 3.64. The van der Waals surface area contributed by atoms with Gasteiger partial charge in [-0.2, -0.15) is 0 Å². The maximum absolute atomic E-state index is 12.8. The maximum Gasteiger partial charge on any atom is 0.295 e. The van der Waals surface area contributed by atoms with Gasteiger partial charge in [0, 0.05) is 13.1 Å². The van der Waals surface area contributed by atoms with E-state index < -0.39 is 17.7 Å². The third-order valence-corrected chi connectivity index (χ3v) is 4.88. The lowest BCUT2D eigenvalue weighted by atomic mass is 9.94. The Morgan fingerprint density at radius 1 is 1.07 bits per heavy atom. The number of rotatable bonds is 5. The quantitative estimate of drug-likeness (QED) is 0.474. The Morgan fingerprint density at radius 3 is 2.32 bits per heavy atom. The zero-order valence-electron chi connectivity index (χ0n) is 16.2. The Balaban J connectivity index is 2.16. The zero-order valence-corrected chi connectivity index (χ0v) is 16.2. The van der Waals surface area contributed by atoms with Gasteiger partial charge in [-0.05, 0) is 38.7 Å². The molecule has 0 saturated carbocycles. The Morgan fingerprint density at radius 2 is 1.71 bits per heavy atom. The molecule has 0 radical (unpaired) electrons. The molecule has 0 spiro atoms. The molecule has 146 valence electrons. The number of benzene rings is 2. The first-order valence-corrected chi connectivity index (χ1v) is 9.09. The predicted molar refractivity (Wildman–Crippen MR) is 107 cm³/mol. The van der Waals surface area contributed by atoms with Crippen molar-refractivity contribution in [3.05, 3.63) is 70.8 Å². The number of hydrogen-bond donors (Lipinski definition) is 2. The van der Waals surface area contributed by atoms with Crippen molar-refractivity contribution in [3.8, 4) is 5.75 Å². The van der Waals surface area contributed by atoms with Crippen molar-refractivity contribution in [1.29, 1.82) is 0 Å². The number of ketones is 1. The topological polar surface area (TPSA) is 81.1 Å². The minimum absolute atomic E-state index is 0.00545. The molecule has 2 aromatic carbocycles. The Bertz CT molecular complexity index is 932. The molecule has 0 aliphatic carbocycles. The molecule has 3 rings (SSSR count). The van der Waals surface area contributed by atoms with Crippen LogP contribution in [0.15, 0.2) is 54.1 Å². The molecule has 0 aromatic heterocycles. The van der Waals surface area contributed by atoms with E-state index >= 15 is 0 Å². The molecule has 6 nitrogen and oxygen atoms in total. The van der Waals surface area contributed by atoms with Crippen LogP contribution in [0.1, 0.15) is 22.7 Å². The number of para-hydroxylation sites is 1. The first kappa shape index (κ1) is 19.6. The summed E-state index contributed by atoms with van der Waals surface area (Å²) in [4.78, 5) is 29.0. The van der Waals surface area contributed by atoms with Crippen LogP contribution >= 0.6 is 0 Å². The molecule has 2 N–H and O–H groups in total. The number of Topliss-reactive ketones (excluding diaryl/α,β-unsaturated/α-hetero) is 1. The summed E-state index contributed by atoms with van der Waals surface area (Å²) in [7, 11) is 3.78. The number of carbonyl (C=O) groups excluding carboxylic acids is 2. The minimum Gasteiger partial charge on any atom is -0.507 e. The second-order valence-corrected chi connectivity index (χ2v) is 7.22. The van der Waals surface area contributed by atoms with Crippen molar-refractivity contribution < 1.29 is 19.8 Å². The van der Waals surface area contributed by atoms with Crippen molar-refractivity contribution in [2.75, 3.05) is 27.2 Å². The van der Waals surface area contributed by atoms with Gasteiger partial charge in [0.05, 0.1) is 17.2 Å². The molecule has 0 bridgehead atoms. The lowest BCUT2D eigenvalue weighted by molar-refractivity contribution is -0.140. The fourth-order valence-corrected chi connectivity index (χ4v) is 3.33. The molecule has 1 aliphatic rings. The number of hydrogen-bond acceptors (Lipinski definition) is 5. The van der Waals surface area contributed by atoms with E-state index in [0.29, 0.717) is 13.1 Å². The van der Waals surface area contributed by atoms with Gasteiger partial charge in [-0.25, -0.2) is 0 Å². The summed E-state index contributed by atoms with van der Waals surface area (Å²) in [5.41, 5.74) is 1.91. The Labute approximate surface area is 164 Å². The summed E-state index contributed by atoms with van der Waals surface area (Å²) < 4.78 is 0. The van der Waals surface area contributed by atoms with Crippen molar-refractivity contribution in [3.63, 3.8) is 0 Å². The predicted octanol–water partition coefficient (Wildman–Crippen LogP) is 2.68. The maximum atomic E-state index is 12.8. The van der Waals surface area contributed by atoms with Crippen molar-refractivity contribution in [2.45, 2.75) is 13.0 Å². The lowest BCUT2D eigenvalue weighted by Crippen LogP contribution is -2.35. The minimum atomic E-state index is -0.745. The monoisotopic (exact) mass is 380 g/mol. The summed E-state index contributed by atoms with van der Waals surface area (Å²) in [6.07, 6.45) is 0. The zero-order chi connectivity index (χ0) is 20.4. The molecular formula is C22H24N2O4. The number of nitrogens with zero attached hydrogens (tertiary/aromatic N) is 2. The average molecular weight is 380 g/mol. The van der Waals surface area contributed by atoms with Crippen LogP contribution in [0.25, 0.3) is 5.76 Å². The molecule has 1 unspecified atom stereocenters. The summed E-state index contributed by atoms with van der Waals surface area (Å²) >= 11 is 0. The van der Waals surface area contributed by atoms with Gasteiger partial charge in [0.2, 0.25) is 0 Å². The summed E-state index contributed by atoms with van der Waals surface area (Å²) in [5.74, 6) is -1.91. The second-order valence-electron chi connectivity index (χ2n) is 7.22.